The van der Waals surface area contributed by atoms with Gasteiger partial charge in [-0.05, 0) is 24.6 Å². The molecule has 0 amide bonds. The molecule has 1 aromatic carbocycles. The molecule has 3 aliphatic heterocycles. The standard InChI is InChI=1S/C30H40O16/c1-29(46-18(33)8-7-14-5-3-2-4-6-14)11-17(32)30(40)9-10-41-28(25(29)30)45-27-24(39)22(37)20(35)16(44-27)13-42-26-23(38)21(36)19(34)15(12-31)43-26/h2-10,15-17,19-28,31-32,34-40H,11-13H2,1H3/b8-7+/t15-,16-,17-,19+,20-,21+,22+,23-,24-,25-,26+,27+,28+,29+,30+/m1/s1. The Balaban J connectivity index is 1.29. The van der Waals surface area contributed by atoms with E-state index in [1.54, 1.807) is 24.3 Å². The molecule has 15 atom stereocenters. The van der Waals surface area contributed by atoms with E-state index in [9.17, 15) is 50.8 Å². The summed E-state index contributed by atoms with van der Waals surface area (Å²) < 4.78 is 33.6. The van der Waals surface area contributed by atoms with Gasteiger partial charge in [-0.1, -0.05) is 30.3 Å². The molecular weight excluding hydrogens is 616 g/mol. The largest absolute Gasteiger partial charge is 0.472 e. The molecule has 5 rings (SSSR count). The predicted molar refractivity (Wildman–Crippen MR) is 151 cm³/mol. The van der Waals surface area contributed by atoms with Gasteiger partial charge in [-0.2, -0.15) is 0 Å². The second kappa shape index (κ2) is 13.9. The van der Waals surface area contributed by atoms with E-state index < -0.39 is 110 Å². The first-order valence-corrected chi connectivity index (χ1v) is 14.8. The van der Waals surface area contributed by atoms with Crippen LogP contribution >= 0.6 is 0 Å². The van der Waals surface area contributed by atoms with Crippen LogP contribution < -0.4 is 0 Å². The van der Waals surface area contributed by atoms with Gasteiger partial charge in [0.2, 0.25) is 6.29 Å². The first-order chi connectivity index (χ1) is 21.8. The summed E-state index contributed by atoms with van der Waals surface area (Å²) in [5, 5.41) is 93.8. The number of hydrogen-bond acceptors (Lipinski definition) is 16. The molecular formula is C30H40O16. The highest BCUT2D eigenvalue weighted by Gasteiger charge is 2.66. The van der Waals surface area contributed by atoms with Gasteiger partial charge in [0, 0.05) is 12.5 Å². The van der Waals surface area contributed by atoms with Crippen LogP contribution in [0.3, 0.4) is 0 Å². The van der Waals surface area contributed by atoms with E-state index in [-0.39, 0.29) is 6.42 Å². The van der Waals surface area contributed by atoms with Gasteiger partial charge in [0.1, 0.15) is 60.0 Å². The minimum Gasteiger partial charge on any atom is -0.472 e. The van der Waals surface area contributed by atoms with E-state index in [1.165, 1.54) is 25.2 Å². The maximum atomic E-state index is 12.9. The van der Waals surface area contributed by atoms with Crippen LogP contribution in [0.5, 0.6) is 0 Å². The van der Waals surface area contributed by atoms with Gasteiger partial charge in [-0.3, -0.25) is 0 Å². The van der Waals surface area contributed by atoms with Crippen molar-refractivity contribution in [3.05, 3.63) is 54.3 Å². The lowest BCUT2D eigenvalue weighted by Gasteiger charge is -2.46. The van der Waals surface area contributed by atoms with E-state index in [0.29, 0.717) is 0 Å². The number of benzene rings is 1. The van der Waals surface area contributed by atoms with Gasteiger partial charge in [-0.25, -0.2) is 4.79 Å². The minimum absolute atomic E-state index is 0.225. The van der Waals surface area contributed by atoms with Gasteiger partial charge in [0.25, 0.3) is 0 Å². The van der Waals surface area contributed by atoms with Crippen molar-refractivity contribution in [1.29, 1.82) is 0 Å². The Hall–Kier alpha value is -2.55. The summed E-state index contributed by atoms with van der Waals surface area (Å²) in [6.07, 6.45) is -14.8. The maximum Gasteiger partial charge on any atom is 0.331 e. The zero-order valence-corrected chi connectivity index (χ0v) is 24.7. The van der Waals surface area contributed by atoms with E-state index in [4.69, 9.17) is 28.4 Å². The fourth-order valence-electron chi connectivity index (χ4n) is 6.30. The Morgan fingerprint density at radius 1 is 0.891 bits per heavy atom. The summed E-state index contributed by atoms with van der Waals surface area (Å²) in [5.41, 5.74) is -2.86. The zero-order chi connectivity index (χ0) is 33.4. The summed E-state index contributed by atoms with van der Waals surface area (Å²) in [7, 11) is 0. The fraction of sp³-hybridized carbons (Fsp3) is 0.633. The molecule has 3 fully saturated rings. The lowest BCUT2D eigenvalue weighted by Crippen LogP contribution is -2.63. The van der Waals surface area contributed by atoms with E-state index in [2.05, 4.69) is 0 Å². The lowest BCUT2D eigenvalue weighted by atomic mass is 9.81. The van der Waals surface area contributed by atoms with Gasteiger partial charge in [0.05, 0.1) is 31.5 Å². The number of carbonyl (C=O) groups is 1. The van der Waals surface area contributed by atoms with Crippen molar-refractivity contribution in [3.63, 3.8) is 0 Å². The summed E-state index contributed by atoms with van der Waals surface area (Å²) in [5.74, 6) is -2.06. The average Bonchev–Trinajstić information content (AvgIpc) is 3.24. The molecule has 2 saturated heterocycles. The Labute approximate surface area is 263 Å². The number of aliphatic hydroxyl groups is 9. The van der Waals surface area contributed by atoms with Gasteiger partial charge in [0.15, 0.2) is 12.6 Å². The van der Waals surface area contributed by atoms with Gasteiger partial charge in [-0.15, -0.1) is 0 Å². The second-order valence-corrected chi connectivity index (χ2v) is 12.1. The molecule has 256 valence electrons. The minimum atomic E-state index is -2.01. The third-order valence-corrected chi connectivity index (χ3v) is 8.86. The van der Waals surface area contributed by atoms with Crippen LogP contribution in [0, 0.1) is 5.92 Å². The number of ether oxygens (including phenoxy) is 6. The normalized spacial score (nSPS) is 45.7. The van der Waals surface area contributed by atoms with E-state index in [0.717, 1.165) is 11.8 Å². The summed E-state index contributed by atoms with van der Waals surface area (Å²) in [6.45, 7) is 0.164. The monoisotopic (exact) mass is 656 g/mol. The topological polar surface area (TPSA) is 255 Å². The molecule has 46 heavy (non-hydrogen) atoms. The van der Waals surface area contributed by atoms with Crippen molar-refractivity contribution in [1.82, 2.24) is 0 Å². The smallest absolute Gasteiger partial charge is 0.331 e. The molecule has 1 saturated carbocycles. The van der Waals surface area contributed by atoms with Crippen LogP contribution in [0.4, 0.5) is 0 Å². The van der Waals surface area contributed by atoms with Crippen molar-refractivity contribution >= 4 is 12.0 Å². The molecule has 1 aliphatic carbocycles. The Bertz CT molecular complexity index is 1240. The number of hydrogen-bond donors (Lipinski definition) is 9. The van der Waals surface area contributed by atoms with E-state index >= 15 is 0 Å². The summed E-state index contributed by atoms with van der Waals surface area (Å²) >= 11 is 0. The fourth-order valence-corrected chi connectivity index (χ4v) is 6.30. The highest BCUT2D eigenvalue weighted by Crippen LogP contribution is 2.51. The third-order valence-electron chi connectivity index (χ3n) is 8.86. The zero-order valence-electron chi connectivity index (χ0n) is 24.7. The number of rotatable bonds is 9. The Kier molecular flexibility index (Phi) is 10.5. The maximum absolute atomic E-state index is 12.9. The van der Waals surface area contributed by atoms with Crippen LogP contribution in [-0.2, 0) is 33.2 Å². The molecule has 0 bridgehead atoms. The second-order valence-electron chi connectivity index (χ2n) is 12.1. The predicted octanol–water partition coefficient (Wildman–Crippen LogP) is -3.38. The molecule has 9 N–H and O–H groups in total. The van der Waals surface area contributed by atoms with Gasteiger partial charge >= 0.3 is 5.97 Å². The van der Waals surface area contributed by atoms with Crippen molar-refractivity contribution in [2.75, 3.05) is 13.2 Å². The lowest BCUT2D eigenvalue weighted by molar-refractivity contribution is -0.360. The summed E-state index contributed by atoms with van der Waals surface area (Å²) in [6, 6.07) is 8.94. The van der Waals surface area contributed by atoms with Crippen molar-refractivity contribution in [2.45, 2.75) is 98.4 Å². The molecule has 16 nitrogen and oxygen atoms in total. The first kappa shape index (κ1) is 34.8. The average molecular weight is 657 g/mol. The Morgan fingerprint density at radius 3 is 2.20 bits per heavy atom. The molecule has 0 unspecified atom stereocenters. The van der Waals surface area contributed by atoms with Crippen molar-refractivity contribution < 1.29 is 79.2 Å². The molecule has 1 aromatic rings. The number of carbonyl (C=O) groups excluding carboxylic acids is 1. The number of fused-ring (bicyclic) bond motifs is 1. The van der Waals surface area contributed by atoms with Crippen LogP contribution in [0.2, 0.25) is 0 Å². The van der Waals surface area contributed by atoms with Crippen LogP contribution in [0.1, 0.15) is 18.9 Å². The molecule has 0 aromatic heterocycles. The SMILES string of the molecule is C[C@]1(OC(=O)/C=C/c2ccccc2)C[C@@H](O)[C@@]2(O)C=CO[C@@H](O[C@@H]3O[C@H](CO[C@H]4O[C@H](CO)[C@H](O)[C@H](O)[C@H]4O)[C@@H](O)[C@H](O)[C@H]3O)[C@@H]21. The molecule has 0 radical (unpaired) electrons. The quantitative estimate of drug-likeness (QED) is 0.0928. The van der Waals surface area contributed by atoms with E-state index in [1.807, 2.05) is 6.07 Å². The molecule has 4 aliphatic rings. The number of esters is 1. The highest BCUT2D eigenvalue weighted by molar-refractivity contribution is 5.87. The van der Waals surface area contributed by atoms with Gasteiger partial charge < -0.3 is 74.4 Å². The van der Waals surface area contributed by atoms with Crippen molar-refractivity contribution in [2.24, 2.45) is 5.92 Å². The molecule has 16 heteroatoms. The summed E-state index contributed by atoms with van der Waals surface area (Å²) in [4.78, 5) is 12.9. The highest BCUT2D eigenvalue weighted by atomic mass is 16.8. The molecule has 3 heterocycles. The third kappa shape index (κ3) is 6.72. The number of aliphatic hydroxyl groups excluding tert-OH is 8. The van der Waals surface area contributed by atoms with Crippen molar-refractivity contribution in [3.8, 4) is 0 Å². The molecule has 0 spiro atoms. The first-order valence-electron chi connectivity index (χ1n) is 14.8. The van der Waals surface area contributed by atoms with Crippen LogP contribution in [0.25, 0.3) is 6.08 Å². The van der Waals surface area contributed by atoms with Crippen LogP contribution in [0.15, 0.2) is 48.7 Å². The Morgan fingerprint density at radius 2 is 1.52 bits per heavy atom. The van der Waals surface area contributed by atoms with Crippen LogP contribution in [-0.4, -0.2) is 150 Å².